The van der Waals surface area contributed by atoms with E-state index in [4.69, 9.17) is 5.11 Å². The molecule has 1 saturated heterocycles. The zero-order valence-corrected chi connectivity index (χ0v) is 12.4. The van der Waals surface area contributed by atoms with Crippen molar-refractivity contribution in [3.05, 3.63) is 17.5 Å². The molecule has 0 radical (unpaired) electrons. The number of aromatic amines is 1. The number of hydrogen-bond donors (Lipinski definition) is 3. The predicted molar refractivity (Wildman–Crippen MR) is 76.9 cm³/mol. The molecule has 0 aromatic carbocycles. The number of carbonyl (C=O) groups excluding carboxylic acids is 1. The van der Waals surface area contributed by atoms with Crippen LogP contribution >= 0.6 is 0 Å². The van der Waals surface area contributed by atoms with Crippen molar-refractivity contribution in [3.8, 4) is 0 Å². The summed E-state index contributed by atoms with van der Waals surface area (Å²) < 4.78 is 0. The molecule has 0 aliphatic carbocycles. The Morgan fingerprint density at radius 1 is 1.57 bits per heavy atom. The van der Waals surface area contributed by atoms with Gasteiger partial charge in [0.2, 0.25) is 0 Å². The van der Waals surface area contributed by atoms with E-state index in [9.17, 15) is 9.59 Å². The van der Waals surface area contributed by atoms with Gasteiger partial charge in [0, 0.05) is 31.2 Å². The molecule has 2 heterocycles. The van der Waals surface area contributed by atoms with Gasteiger partial charge >= 0.3 is 12.0 Å². The van der Waals surface area contributed by atoms with E-state index in [1.165, 1.54) is 5.56 Å². The Kier molecular flexibility index (Phi) is 4.82. The molecule has 1 aliphatic rings. The quantitative estimate of drug-likeness (QED) is 0.682. The maximum Gasteiger partial charge on any atom is 0.317 e. The molecular weight excluding hydrogens is 272 g/mol. The monoisotopic (exact) mass is 294 g/mol. The molecule has 3 N–H and O–H groups in total. The molecular formula is C14H22N4O3. The van der Waals surface area contributed by atoms with Crippen molar-refractivity contribution in [3.63, 3.8) is 0 Å². The maximum absolute atomic E-state index is 11.8. The van der Waals surface area contributed by atoms with Crippen LogP contribution in [-0.4, -0.2) is 51.8 Å². The second kappa shape index (κ2) is 6.60. The Morgan fingerprint density at radius 3 is 2.86 bits per heavy atom. The van der Waals surface area contributed by atoms with E-state index in [0.29, 0.717) is 19.6 Å². The second-order valence-electron chi connectivity index (χ2n) is 5.65. The van der Waals surface area contributed by atoms with Gasteiger partial charge < -0.3 is 15.3 Å². The highest BCUT2D eigenvalue weighted by molar-refractivity contribution is 5.76. The van der Waals surface area contributed by atoms with Gasteiger partial charge in [-0.2, -0.15) is 5.10 Å². The van der Waals surface area contributed by atoms with E-state index in [0.717, 1.165) is 18.5 Å². The zero-order chi connectivity index (χ0) is 15.4. The first-order valence-corrected chi connectivity index (χ1v) is 7.23. The highest BCUT2D eigenvalue weighted by Gasteiger charge is 2.36. The molecule has 1 atom stereocenters. The number of aromatic nitrogens is 2. The molecule has 1 fully saturated rings. The molecule has 1 aromatic rings. The van der Waals surface area contributed by atoms with Gasteiger partial charge in [0.1, 0.15) is 0 Å². The number of amides is 2. The van der Waals surface area contributed by atoms with Gasteiger partial charge in [0.15, 0.2) is 0 Å². The number of rotatable bonds is 6. The zero-order valence-electron chi connectivity index (χ0n) is 12.4. The predicted octanol–water partition coefficient (Wildman–Crippen LogP) is 1.01. The highest BCUT2D eigenvalue weighted by Crippen LogP contribution is 2.23. The first-order chi connectivity index (χ1) is 9.99. The van der Waals surface area contributed by atoms with Crippen LogP contribution in [0.4, 0.5) is 4.79 Å². The van der Waals surface area contributed by atoms with Gasteiger partial charge in [-0.3, -0.25) is 9.89 Å². The van der Waals surface area contributed by atoms with Gasteiger partial charge in [-0.25, -0.2) is 4.79 Å². The van der Waals surface area contributed by atoms with Crippen molar-refractivity contribution in [2.75, 3.05) is 19.6 Å². The van der Waals surface area contributed by atoms with Gasteiger partial charge in [-0.15, -0.1) is 0 Å². The van der Waals surface area contributed by atoms with Crippen LogP contribution < -0.4 is 5.32 Å². The Hall–Kier alpha value is -2.05. The van der Waals surface area contributed by atoms with Crippen LogP contribution in [0.1, 0.15) is 24.6 Å². The number of likely N-dealkylation sites (tertiary alicyclic amines) is 1. The maximum atomic E-state index is 11.8. The van der Waals surface area contributed by atoms with Crippen molar-refractivity contribution in [1.82, 2.24) is 20.4 Å². The number of urea groups is 1. The number of carbonyl (C=O) groups is 2. The molecule has 7 nitrogen and oxygen atoms in total. The van der Waals surface area contributed by atoms with Crippen molar-refractivity contribution in [2.24, 2.45) is 11.8 Å². The summed E-state index contributed by atoms with van der Waals surface area (Å²) in [5, 5.41) is 18.6. The molecule has 116 valence electrons. The van der Waals surface area contributed by atoms with E-state index in [1.54, 1.807) is 11.8 Å². The van der Waals surface area contributed by atoms with Crippen LogP contribution in [-0.2, 0) is 11.2 Å². The number of H-pyrrole nitrogens is 1. The fourth-order valence-corrected chi connectivity index (χ4v) is 2.41. The molecule has 1 unspecified atom stereocenters. The van der Waals surface area contributed by atoms with E-state index >= 15 is 0 Å². The van der Waals surface area contributed by atoms with E-state index in [-0.39, 0.29) is 11.9 Å². The van der Waals surface area contributed by atoms with Crippen LogP contribution in [0.5, 0.6) is 0 Å². The lowest BCUT2D eigenvalue weighted by Crippen LogP contribution is -2.56. The molecule has 1 aromatic heterocycles. The van der Waals surface area contributed by atoms with Crippen molar-refractivity contribution in [1.29, 1.82) is 0 Å². The number of aryl methyl sites for hydroxylation is 2. The van der Waals surface area contributed by atoms with Crippen LogP contribution in [0.3, 0.4) is 0 Å². The summed E-state index contributed by atoms with van der Waals surface area (Å²) in [7, 11) is 0. The third-order valence-electron chi connectivity index (χ3n) is 4.13. The van der Waals surface area contributed by atoms with Gasteiger partial charge in [-0.1, -0.05) is 6.92 Å². The van der Waals surface area contributed by atoms with Gasteiger partial charge in [0.05, 0.1) is 12.1 Å². The summed E-state index contributed by atoms with van der Waals surface area (Å²) in [5.41, 5.74) is 2.23. The first-order valence-electron chi connectivity index (χ1n) is 7.23. The number of carboxylic acid groups (broad SMARTS) is 1. The van der Waals surface area contributed by atoms with Crippen LogP contribution in [0.25, 0.3) is 0 Å². The first kappa shape index (κ1) is 15.3. The minimum absolute atomic E-state index is 0.0711. The average molecular weight is 294 g/mol. The number of aliphatic carboxylic acids is 1. The van der Waals surface area contributed by atoms with Crippen LogP contribution in [0, 0.1) is 18.8 Å². The third kappa shape index (κ3) is 3.74. The molecule has 2 rings (SSSR count). The van der Waals surface area contributed by atoms with Crippen LogP contribution in [0.2, 0.25) is 0 Å². The van der Waals surface area contributed by atoms with Gasteiger partial charge in [0.25, 0.3) is 0 Å². The molecule has 0 saturated carbocycles. The molecule has 21 heavy (non-hydrogen) atoms. The topological polar surface area (TPSA) is 98.3 Å². The summed E-state index contributed by atoms with van der Waals surface area (Å²) in [6, 6.07) is -0.104. The Morgan fingerprint density at radius 2 is 2.29 bits per heavy atom. The van der Waals surface area contributed by atoms with Crippen molar-refractivity contribution in [2.45, 2.75) is 26.7 Å². The SMILES string of the molecule is Cc1[nH]ncc1CCCNC(=O)N1CC(C(C)C(=O)O)C1. The van der Waals surface area contributed by atoms with Crippen molar-refractivity contribution >= 4 is 12.0 Å². The average Bonchev–Trinajstić information content (AvgIpc) is 2.78. The lowest BCUT2D eigenvalue weighted by atomic mass is 9.87. The summed E-state index contributed by atoms with van der Waals surface area (Å²) >= 11 is 0. The highest BCUT2D eigenvalue weighted by atomic mass is 16.4. The summed E-state index contributed by atoms with van der Waals surface area (Å²) in [6.07, 6.45) is 3.54. The summed E-state index contributed by atoms with van der Waals surface area (Å²) in [6.45, 7) is 5.33. The lowest BCUT2D eigenvalue weighted by Gasteiger charge is -2.41. The minimum atomic E-state index is -0.796. The Balaban J connectivity index is 1.61. The molecule has 0 spiro atoms. The fraction of sp³-hybridized carbons (Fsp3) is 0.643. The number of nitrogens with one attached hydrogen (secondary N) is 2. The van der Waals surface area contributed by atoms with E-state index in [1.807, 2.05) is 13.1 Å². The lowest BCUT2D eigenvalue weighted by molar-refractivity contribution is -0.144. The minimum Gasteiger partial charge on any atom is -0.481 e. The summed E-state index contributed by atoms with van der Waals surface area (Å²) in [5.74, 6) is -1.12. The standard InChI is InChI=1S/C14H22N4O3/c1-9(13(19)20)12-7-18(8-12)14(21)15-5-3-4-11-6-16-17-10(11)2/h6,9,12H,3-5,7-8H2,1-2H3,(H,15,21)(H,16,17)(H,19,20). The molecule has 2 amide bonds. The van der Waals surface area contributed by atoms with E-state index in [2.05, 4.69) is 15.5 Å². The number of nitrogens with zero attached hydrogens (tertiary/aromatic N) is 2. The largest absolute Gasteiger partial charge is 0.481 e. The normalized spacial score (nSPS) is 16.4. The molecule has 0 bridgehead atoms. The Bertz CT molecular complexity index is 508. The van der Waals surface area contributed by atoms with Crippen LogP contribution in [0.15, 0.2) is 6.20 Å². The number of carboxylic acids is 1. The summed E-state index contributed by atoms with van der Waals surface area (Å²) in [4.78, 5) is 24.3. The van der Waals surface area contributed by atoms with Crippen molar-refractivity contribution < 1.29 is 14.7 Å². The molecule has 7 heteroatoms. The fourth-order valence-electron chi connectivity index (χ4n) is 2.41. The smallest absolute Gasteiger partial charge is 0.317 e. The van der Waals surface area contributed by atoms with Gasteiger partial charge in [-0.05, 0) is 25.3 Å². The number of hydrogen-bond acceptors (Lipinski definition) is 3. The second-order valence-corrected chi connectivity index (χ2v) is 5.65. The Labute approximate surface area is 123 Å². The van der Waals surface area contributed by atoms with E-state index < -0.39 is 11.9 Å². The third-order valence-corrected chi connectivity index (χ3v) is 4.13. The molecule has 1 aliphatic heterocycles.